The fourth-order valence-electron chi connectivity index (χ4n) is 2.82. The quantitative estimate of drug-likeness (QED) is 0.929. The molecule has 0 radical (unpaired) electrons. The number of benzene rings is 1. The van der Waals surface area contributed by atoms with Crippen molar-refractivity contribution < 1.29 is 4.39 Å². The molecule has 1 N–H and O–H groups in total. The lowest BCUT2D eigenvalue weighted by Crippen LogP contribution is -2.34. The van der Waals surface area contributed by atoms with Crippen molar-refractivity contribution in [3.05, 3.63) is 41.7 Å². The van der Waals surface area contributed by atoms with Gasteiger partial charge in [0.1, 0.15) is 12.1 Å². The highest BCUT2D eigenvalue weighted by molar-refractivity contribution is 5.54. The summed E-state index contributed by atoms with van der Waals surface area (Å²) < 4.78 is 16.3. The highest BCUT2D eigenvalue weighted by Gasteiger charge is 2.24. The summed E-state index contributed by atoms with van der Waals surface area (Å²) in [4.78, 5) is 2.19. The molecule has 1 saturated carbocycles. The van der Waals surface area contributed by atoms with Gasteiger partial charge in [0.15, 0.2) is 5.82 Å². The van der Waals surface area contributed by atoms with E-state index in [2.05, 4.69) is 25.0 Å². The molecule has 1 fully saturated rings. The molecule has 0 atom stereocenters. The van der Waals surface area contributed by atoms with Crippen molar-refractivity contribution in [3.63, 3.8) is 0 Å². The summed E-state index contributed by atoms with van der Waals surface area (Å²) in [6, 6.07) is 5.89. The van der Waals surface area contributed by atoms with Crippen molar-refractivity contribution in [2.45, 2.75) is 38.5 Å². The molecule has 4 rings (SSSR count). The number of hydrogen-bond acceptors (Lipinski definition) is 4. The Labute approximate surface area is 122 Å². The number of fused-ring (bicyclic) bond motifs is 1. The Morgan fingerprint density at radius 3 is 3.05 bits per heavy atom. The largest absolute Gasteiger partial charge is 0.362 e. The molecule has 1 aromatic heterocycles. The van der Waals surface area contributed by atoms with Gasteiger partial charge in [-0.1, -0.05) is 6.07 Å². The van der Waals surface area contributed by atoms with Gasteiger partial charge in [-0.2, -0.15) is 0 Å². The number of halogens is 1. The third-order valence-electron chi connectivity index (χ3n) is 4.22. The average molecular weight is 287 g/mol. The molecule has 2 heterocycles. The summed E-state index contributed by atoms with van der Waals surface area (Å²) in [6.45, 7) is 2.97. The average Bonchev–Trinajstić information content (AvgIpc) is 3.21. The van der Waals surface area contributed by atoms with Gasteiger partial charge < -0.3 is 14.8 Å². The second-order valence-electron chi connectivity index (χ2n) is 5.75. The first kappa shape index (κ1) is 12.8. The van der Waals surface area contributed by atoms with Crippen molar-refractivity contribution in [1.29, 1.82) is 0 Å². The van der Waals surface area contributed by atoms with Crippen molar-refractivity contribution >= 4 is 5.69 Å². The van der Waals surface area contributed by atoms with Gasteiger partial charge >= 0.3 is 0 Å². The Morgan fingerprint density at radius 1 is 1.29 bits per heavy atom. The van der Waals surface area contributed by atoms with Crippen LogP contribution in [0.25, 0.3) is 0 Å². The van der Waals surface area contributed by atoms with Gasteiger partial charge in [0.2, 0.25) is 0 Å². The Balaban J connectivity index is 1.60. The normalized spacial score (nSPS) is 17.9. The van der Waals surface area contributed by atoms with E-state index < -0.39 is 0 Å². The zero-order chi connectivity index (χ0) is 14.2. The van der Waals surface area contributed by atoms with Crippen LogP contribution in [0.3, 0.4) is 0 Å². The van der Waals surface area contributed by atoms with Crippen LogP contribution in [0, 0.1) is 5.82 Å². The topological polar surface area (TPSA) is 46.0 Å². The van der Waals surface area contributed by atoms with E-state index in [4.69, 9.17) is 0 Å². The molecular weight excluding hydrogens is 269 g/mol. The number of anilines is 1. The van der Waals surface area contributed by atoms with Crippen LogP contribution >= 0.6 is 0 Å². The summed E-state index contributed by atoms with van der Waals surface area (Å²) in [7, 11) is 0. The van der Waals surface area contributed by atoms with E-state index in [0.29, 0.717) is 19.1 Å². The number of aromatic nitrogens is 3. The summed E-state index contributed by atoms with van der Waals surface area (Å²) >= 11 is 0. The maximum atomic E-state index is 14.2. The minimum Gasteiger partial charge on any atom is -0.362 e. The zero-order valence-electron chi connectivity index (χ0n) is 11.8. The molecule has 5 nitrogen and oxygen atoms in total. The molecule has 0 amide bonds. The van der Waals surface area contributed by atoms with E-state index in [0.717, 1.165) is 30.2 Å². The van der Waals surface area contributed by atoms with Gasteiger partial charge in [-0.15, -0.1) is 10.2 Å². The molecule has 6 heteroatoms. The van der Waals surface area contributed by atoms with Gasteiger partial charge in [-0.05, 0) is 25.0 Å². The van der Waals surface area contributed by atoms with Crippen LogP contribution in [0.1, 0.15) is 24.2 Å². The number of nitrogens with zero attached hydrogens (tertiary/aromatic N) is 4. The van der Waals surface area contributed by atoms with Crippen molar-refractivity contribution in [2.24, 2.45) is 0 Å². The van der Waals surface area contributed by atoms with Crippen LogP contribution in [-0.2, 0) is 19.6 Å². The molecule has 2 aliphatic rings. The smallest absolute Gasteiger partial charge is 0.152 e. The van der Waals surface area contributed by atoms with Gasteiger partial charge in [0, 0.05) is 36.9 Å². The van der Waals surface area contributed by atoms with E-state index >= 15 is 0 Å². The molecule has 0 saturated heterocycles. The molecule has 1 aromatic carbocycles. The third-order valence-corrected chi connectivity index (χ3v) is 4.22. The van der Waals surface area contributed by atoms with Crippen molar-refractivity contribution in [2.75, 3.05) is 11.4 Å². The minimum absolute atomic E-state index is 0.132. The molecule has 1 aliphatic carbocycles. The maximum absolute atomic E-state index is 14.2. The van der Waals surface area contributed by atoms with Gasteiger partial charge in [-0.3, -0.25) is 0 Å². The fraction of sp³-hybridized carbons (Fsp3) is 0.467. The summed E-state index contributed by atoms with van der Waals surface area (Å²) in [5, 5.41) is 11.5. The van der Waals surface area contributed by atoms with E-state index in [1.165, 1.54) is 12.8 Å². The second kappa shape index (κ2) is 5.11. The van der Waals surface area contributed by atoms with Crippen molar-refractivity contribution in [3.8, 4) is 0 Å². The van der Waals surface area contributed by atoms with Gasteiger partial charge in [-0.25, -0.2) is 4.39 Å². The standard InChI is InChI=1S/C15H18FN5/c16-13-2-1-3-14(12(13)8-17-11-4-5-11)20-6-7-21-10-18-19-15(21)9-20/h1-3,10-11,17H,4-9H2. The molecule has 110 valence electrons. The van der Waals surface area contributed by atoms with E-state index in [1.54, 1.807) is 18.5 Å². The first-order chi connectivity index (χ1) is 10.3. The summed E-state index contributed by atoms with van der Waals surface area (Å²) in [6.07, 6.45) is 4.17. The molecule has 21 heavy (non-hydrogen) atoms. The fourth-order valence-corrected chi connectivity index (χ4v) is 2.82. The Kier molecular flexibility index (Phi) is 3.11. The predicted octanol–water partition coefficient (Wildman–Crippen LogP) is 1.69. The summed E-state index contributed by atoms with van der Waals surface area (Å²) in [5.41, 5.74) is 1.73. The summed E-state index contributed by atoms with van der Waals surface area (Å²) in [5.74, 6) is 0.805. The second-order valence-corrected chi connectivity index (χ2v) is 5.75. The molecule has 0 bridgehead atoms. The third kappa shape index (κ3) is 2.51. The Hall–Kier alpha value is -1.95. The van der Waals surface area contributed by atoms with Gasteiger partial charge in [0.25, 0.3) is 0 Å². The predicted molar refractivity (Wildman–Crippen MR) is 77.3 cm³/mol. The van der Waals surface area contributed by atoms with Crippen LogP contribution in [0.5, 0.6) is 0 Å². The van der Waals surface area contributed by atoms with Crippen LogP contribution in [0.2, 0.25) is 0 Å². The highest BCUT2D eigenvalue weighted by atomic mass is 19.1. The molecule has 1 aliphatic heterocycles. The minimum atomic E-state index is -0.132. The zero-order valence-corrected chi connectivity index (χ0v) is 11.8. The molecule has 0 unspecified atom stereocenters. The number of nitrogens with one attached hydrogen (secondary N) is 1. The number of hydrogen-bond donors (Lipinski definition) is 1. The van der Waals surface area contributed by atoms with Crippen LogP contribution < -0.4 is 10.2 Å². The Bertz CT molecular complexity index is 649. The van der Waals surface area contributed by atoms with Crippen molar-refractivity contribution in [1.82, 2.24) is 20.1 Å². The lowest BCUT2D eigenvalue weighted by Gasteiger charge is -2.31. The molecular formula is C15H18FN5. The van der Waals surface area contributed by atoms with Crippen LogP contribution in [-0.4, -0.2) is 27.4 Å². The number of rotatable bonds is 4. The van der Waals surface area contributed by atoms with E-state index in [1.807, 2.05) is 6.07 Å². The van der Waals surface area contributed by atoms with E-state index in [-0.39, 0.29) is 5.82 Å². The van der Waals surface area contributed by atoms with Gasteiger partial charge in [0.05, 0.1) is 6.54 Å². The first-order valence-corrected chi connectivity index (χ1v) is 7.43. The monoisotopic (exact) mass is 287 g/mol. The highest BCUT2D eigenvalue weighted by Crippen LogP contribution is 2.28. The lowest BCUT2D eigenvalue weighted by molar-refractivity contribution is 0.548. The van der Waals surface area contributed by atoms with E-state index in [9.17, 15) is 4.39 Å². The first-order valence-electron chi connectivity index (χ1n) is 7.43. The van der Waals surface area contributed by atoms with Crippen LogP contribution in [0.4, 0.5) is 10.1 Å². The SMILES string of the molecule is Fc1cccc(N2CCn3cnnc3C2)c1CNC1CC1. The lowest BCUT2D eigenvalue weighted by atomic mass is 10.1. The Morgan fingerprint density at radius 2 is 2.19 bits per heavy atom. The maximum Gasteiger partial charge on any atom is 0.152 e. The van der Waals surface area contributed by atoms with Crippen LogP contribution in [0.15, 0.2) is 24.5 Å². The molecule has 2 aromatic rings. The molecule has 0 spiro atoms.